The zero-order chi connectivity index (χ0) is 41.3. The van der Waals surface area contributed by atoms with Crippen LogP contribution >= 0.6 is 0 Å². The summed E-state index contributed by atoms with van der Waals surface area (Å²) in [5.41, 5.74) is -5.62. The van der Waals surface area contributed by atoms with Gasteiger partial charge in [-0.2, -0.15) is 0 Å². The zero-order valence-electron chi connectivity index (χ0n) is 33.1. The van der Waals surface area contributed by atoms with Gasteiger partial charge in [0.2, 0.25) is 17.5 Å². The van der Waals surface area contributed by atoms with Gasteiger partial charge < -0.3 is 43.7 Å². The number of carbonyl (C=O) groups excluding carboxylic acids is 4. The number of methoxy groups -OCH3 is 1. The quantitative estimate of drug-likeness (QED) is 0.0725. The lowest BCUT2D eigenvalue weighted by Gasteiger charge is -2.49. The first-order chi connectivity index (χ1) is 25.8. The minimum absolute atomic E-state index is 0.0673. The summed E-state index contributed by atoms with van der Waals surface area (Å²) in [7, 11) is 0.871. The van der Waals surface area contributed by atoms with Gasteiger partial charge in [-0.05, 0) is 54.6 Å². The van der Waals surface area contributed by atoms with E-state index in [1.807, 2.05) is 65.0 Å². The Kier molecular flexibility index (Phi) is 15.8. The van der Waals surface area contributed by atoms with Crippen LogP contribution in [0.2, 0.25) is 0 Å². The first-order valence-corrected chi connectivity index (χ1v) is 18.8. The lowest BCUT2D eigenvalue weighted by atomic mass is 9.74. The fourth-order valence-corrected chi connectivity index (χ4v) is 7.18. The van der Waals surface area contributed by atoms with Gasteiger partial charge in [-0.3, -0.25) is 4.79 Å². The molecule has 55 heavy (non-hydrogen) atoms. The summed E-state index contributed by atoms with van der Waals surface area (Å²) in [6.45, 7) is 16.7. The van der Waals surface area contributed by atoms with Crippen molar-refractivity contribution in [3.8, 4) is 0 Å². The van der Waals surface area contributed by atoms with E-state index in [2.05, 4.69) is 13.5 Å². The van der Waals surface area contributed by atoms with Crippen LogP contribution in [-0.4, -0.2) is 100 Å². The van der Waals surface area contributed by atoms with E-state index in [0.717, 1.165) is 31.6 Å². The molecule has 0 aliphatic carbocycles. The second kappa shape index (κ2) is 19.2. The van der Waals surface area contributed by atoms with Gasteiger partial charge >= 0.3 is 29.8 Å². The minimum atomic E-state index is -3.66. The molecule has 0 spiro atoms. The molecule has 14 heteroatoms. The maximum atomic E-state index is 13.9. The van der Waals surface area contributed by atoms with Crippen LogP contribution in [0.3, 0.4) is 0 Å². The van der Waals surface area contributed by atoms with Crippen LogP contribution in [0.4, 0.5) is 0 Å². The molecular formula is C41H58O14. The largest absolute Gasteiger partial charge is 0.479 e. The number of esters is 4. The van der Waals surface area contributed by atoms with Crippen molar-refractivity contribution < 1.29 is 67.7 Å². The van der Waals surface area contributed by atoms with E-state index < -0.39 is 77.7 Å². The maximum absolute atomic E-state index is 13.9. The molecule has 2 aliphatic rings. The van der Waals surface area contributed by atoms with Crippen LogP contribution in [0.5, 0.6) is 0 Å². The molecule has 0 amide bonds. The van der Waals surface area contributed by atoms with Gasteiger partial charge in [0.25, 0.3) is 5.60 Å². The third-order valence-electron chi connectivity index (χ3n) is 10.4. The number of hydrogen-bond acceptors (Lipinski definition) is 13. The fraction of sp³-hybridized carbons (Fsp3) is 0.634. The van der Waals surface area contributed by atoms with Crippen LogP contribution in [0.1, 0.15) is 86.1 Å². The van der Waals surface area contributed by atoms with Crippen molar-refractivity contribution in [1.29, 1.82) is 0 Å². The highest BCUT2D eigenvalue weighted by Crippen LogP contribution is 2.56. The molecule has 0 radical (unpaired) electrons. The number of carbonyl (C=O) groups is 5. The number of fused-ring (bicyclic) bond motifs is 2. The average molecular weight is 775 g/mol. The van der Waals surface area contributed by atoms with E-state index in [-0.39, 0.29) is 30.8 Å². The Balaban J connectivity index is 2.12. The molecule has 1 aromatic carbocycles. The van der Waals surface area contributed by atoms with Crippen LogP contribution in [-0.2, 0) is 58.8 Å². The highest BCUT2D eigenvalue weighted by molar-refractivity contribution is 5.99. The summed E-state index contributed by atoms with van der Waals surface area (Å²) in [4.78, 5) is 66.4. The smallest absolute Gasteiger partial charge is 0.346 e. The number of hydrogen-bond donors (Lipinski definition) is 3. The molecule has 10 atom stereocenters. The third-order valence-corrected chi connectivity index (χ3v) is 10.4. The summed E-state index contributed by atoms with van der Waals surface area (Å²) in [6, 6.07) is 9.45. The molecule has 2 fully saturated rings. The number of allylic oxidation sites excluding steroid dienone is 1. The Morgan fingerprint density at radius 3 is 2.27 bits per heavy atom. The maximum Gasteiger partial charge on any atom is 0.346 e. The zero-order valence-corrected chi connectivity index (χ0v) is 33.1. The molecule has 0 saturated carbocycles. The highest BCUT2D eigenvalue weighted by atomic mass is 16.8. The van der Waals surface area contributed by atoms with Crippen molar-refractivity contribution in [3.05, 3.63) is 60.2 Å². The summed E-state index contributed by atoms with van der Waals surface area (Å²) in [5.74, 6) is -9.30. The molecule has 1 aromatic rings. The molecule has 2 aliphatic heterocycles. The van der Waals surface area contributed by atoms with Gasteiger partial charge in [0.1, 0.15) is 12.2 Å². The minimum Gasteiger partial charge on any atom is -0.479 e. The number of aliphatic carboxylic acids is 1. The summed E-state index contributed by atoms with van der Waals surface area (Å²) < 4.78 is 33.7. The van der Waals surface area contributed by atoms with E-state index in [9.17, 15) is 39.3 Å². The molecule has 2 saturated heterocycles. The van der Waals surface area contributed by atoms with Crippen LogP contribution in [0.25, 0.3) is 0 Å². The molecular weight excluding hydrogens is 716 g/mol. The molecule has 3 rings (SSSR count). The van der Waals surface area contributed by atoms with Crippen molar-refractivity contribution in [2.24, 2.45) is 23.7 Å². The molecule has 2 heterocycles. The van der Waals surface area contributed by atoms with E-state index in [1.54, 1.807) is 6.08 Å². The van der Waals surface area contributed by atoms with Crippen LogP contribution < -0.4 is 0 Å². The lowest BCUT2D eigenvalue weighted by molar-refractivity contribution is -0.374. The second-order valence-electron chi connectivity index (χ2n) is 15.3. The van der Waals surface area contributed by atoms with Crippen molar-refractivity contribution in [3.63, 3.8) is 0 Å². The second-order valence-corrected chi connectivity index (χ2v) is 15.3. The van der Waals surface area contributed by atoms with Gasteiger partial charge in [0, 0.05) is 25.3 Å². The van der Waals surface area contributed by atoms with Crippen molar-refractivity contribution in [2.45, 2.75) is 128 Å². The number of ether oxygens (including phenoxy) is 6. The predicted molar refractivity (Wildman–Crippen MR) is 198 cm³/mol. The number of aliphatic hydroxyl groups excluding tert-OH is 1. The monoisotopic (exact) mass is 774 g/mol. The predicted octanol–water partition coefficient (Wildman–Crippen LogP) is 4.48. The van der Waals surface area contributed by atoms with Crippen LogP contribution in [0.15, 0.2) is 54.6 Å². The molecule has 306 valence electrons. The highest BCUT2D eigenvalue weighted by Gasteiger charge is 2.86. The summed E-state index contributed by atoms with van der Waals surface area (Å²) in [5, 5.41) is 34.7. The van der Waals surface area contributed by atoms with Gasteiger partial charge in [-0.25, -0.2) is 19.2 Å². The number of carboxylic acid groups (broad SMARTS) is 1. The molecule has 14 nitrogen and oxygen atoms in total. The first-order valence-electron chi connectivity index (χ1n) is 18.8. The van der Waals surface area contributed by atoms with Crippen molar-refractivity contribution in [1.82, 2.24) is 0 Å². The Hall–Kier alpha value is -4.11. The van der Waals surface area contributed by atoms with Crippen molar-refractivity contribution in [2.75, 3.05) is 13.7 Å². The Bertz CT molecular complexity index is 1560. The standard InChI is InChI=1S/C41H58O14/c1-10-25(4)22-26(5)16-17-31(43)53-34-33(44)39(20-18-27(6)32(52-29(8)42)28(7)23-30-14-12-11-13-15-30)54-35(36(45)51-21-19-24(2)3)40(49,37(46)47)41(34,55-39)38(48)50-9/h11-17,24-26,28,32-35,44,49H,6,10,18-23H2,1-5,7-9H3,(H,46,47)/b17-16+/t25-,26+,28+,32?,33+,34+,35+,39+,40+,41+/m0/s1. The van der Waals surface area contributed by atoms with E-state index in [1.165, 1.54) is 6.92 Å². The number of aliphatic hydroxyl groups is 2. The number of benzene rings is 1. The Labute approximate surface area is 323 Å². The lowest BCUT2D eigenvalue weighted by Crippen LogP contribution is -2.78. The average Bonchev–Trinajstić information content (AvgIpc) is 3.34. The van der Waals surface area contributed by atoms with E-state index in [4.69, 9.17) is 28.4 Å². The summed E-state index contributed by atoms with van der Waals surface area (Å²) >= 11 is 0. The third kappa shape index (κ3) is 10.0. The van der Waals surface area contributed by atoms with Gasteiger partial charge in [0.15, 0.2) is 6.10 Å². The Morgan fingerprint density at radius 2 is 1.71 bits per heavy atom. The fourth-order valence-electron chi connectivity index (χ4n) is 7.18. The Morgan fingerprint density at radius 1 is 1.05 bits per heavy atom. The van der Waals surface area contributed by atoms with Crippen molar-refractivity contribution >= 4 is 29.8 Å². The van der Waals surface area contributed by atoms with E-state index >= 15 is 0 Å². The van der Waals surface area contributed by atoms with Gasteiger partial charge in [0.05, 0.1) is 13.7 Å². The molecule has 0 aromatic heterocycles. The normalized spacial score (nSPS) is 28.2. The molecule has 2 bridgehead atoms. The molecule has 1 unspecified atom stereocenters. The summed E-state index contributed by atoms with van der Waals surface area (Å²) in [6.07, 6.45) is -3.33. The number of rotatable bonds is 20. The van der Waals surface area contributed by atoms with Crippen LogP contribution in [0, 0.1) is 23.7 Å². The first kappa shape index (κ1) is 45.3. The SMILES string of the molecule is C=C(CC[C@@]12O[C@H](C(=O)OCCC(C)C)[C@@](O)(C(=O)O)[C@@](C(=O)OC)(O1)[C@H](OC(=O)/C=C/[C@@H](C)C[C@@H](C)CC)[C@H]2O)C(OC(C)=O)[C@H](C)Cc1ccccc1. The van der Waals surface area contributed by atoms with Gasteiger partial charge in [-0.1, -0.05) is 91.0 Å². The van der Waals surface area contributed by atoms with Gasteiger partial charge in [-0.15, -0.1) is 0 Å². The molecule has 3 N–H and O–H groups in total. The van der Waals surface area contributed by atoms with E-state index in [0.29, 0.717) is 24.3 Å². The number of carboxylic acids is 1. The topological polar surface area (TPSA) is 201 Å².